The second-order valence-corrected chi connectivity index (χ2v) is 7.97. The zero-order valence-electron chi connectivity index (χ0n) is 17.3. The first kappa shape index (κ1) is 18.7. The van der Waals surface area contributed by atoms with Crippen LogP contribution in [0.25, 0.3) is 34.1 Å². The van der Waals surface area contributed by atoms with Crippen molar-refractivity contribution in [2.75, 3.05) is 12.3 Å². The Balaban J connectivity index is 1.61. The SMILES string of the molecule is Nc1ncccc1-c1nc2ccc(-n3cccn3)nc2n1-c1ccc2c(c1)CCC2CO. The molecule has 1 aromatic carbocycles. The Kier molecular flexibility index (Phi) is 4.26. The van der Waals surface area contributed by atoms with E-state index in [0.29, 0.717) is 23.1 Å². The summed E-state index contributed by atoms with van der Waals surface area (Å²) in [6.45, 7) is 0.173. The molecule has 6 rings (SSSR count). The highest BCUT2D eigenvalue weighted by Gasteiger charge is 2.24. The van der Waals surface area contributed by atoms with E-state index in [1.54, 1.807) is 17.1 Å². The van der Waals surface area contributed by atoms with E-state index in [1.165, 1.54) is 11.1 Å². The summed E-state index contributed by atoms with van der Waals surface area (Å²) < 4.78 is 3.76. The second kappa shape index (κ2) is 7.28. The third-order valence-corrected chi connectivity index (χ3v) is 6.12. The summed E-state index contributed by atoms with van der Waals surface area (Å²) >= 11 is 0. The standard InChI is InChI=1S/C24H21N7O/c25-22-19(3-1-10-26-22)23-28-20-8-9-21(30-12-2-11-27-30)29-24(20)31(23)17-6-7-18-15(13-17)4-5-16(18)14-32/h1-3,6-13,16,32H,4-5,14H2,(H2,25,26). The van der Waals surface area contributed by atoms with Crippen LogP contribution in [-0.4, -0.2) is 41.0 Å². The molecule has 3 N–H and O–H groups in total. The number of nitrogens with zero attached hydrogens (tertiary/aromatic N) is 6. The minimum Gasteiger partial charge on any atom is -0.396 e. The molecule has 0 saturated heterocycles. The van der Waals surface area contributed by atoms with Gasteiger partial charge in [-0.15, -0.1) is 0 Å². The van der Waals surface area contributed by atoms with Crippen molar-refractivity contribution in [1.82, 2.24) is 29.3 Å². The fourth-order valence-corrected chi connectivity index (χ4v) is 4.53. The van der Waals surface area contributed by atoms with Crippen LogP contribution in [0, 0.1) is 0 Å². The monoisotopic (exact) mass is 423 g/mol. The smallest absolute Gasteiger partial charge is 0.167 e. The van der Waals surface area contributed by atoms with Crippen molar-refractivity contribution >= 4 is 17.0 Å². The molecular formula is C24H21N7O. The van der Waals surface area contributed by atoms with Crippen molar-refractivity contribution in [2.24, 2.45) is 0 Å². The number of imidazole rings is 1. The molecule has 4 aromatic heterocycles. The second-order valence-electron chi connectivity index (χ2n) is 7.97. The molecule has 0 fully saturated rings. The molecule has 32 heavy (non-hydrogen) atoms. The van der Waals surface area contributed by atoms with Gasteiger partial charge in [0, 0.05) is 36.8 Å². The van der Waals surface area contributed by atoms with Crippen molar-refractivity contribution in [3.8, 4) is 22.9 Å². The van der Waals surface area contributed by atoms with Gasteiger partial charge in [0.25, 0.3) is 0 Å². The van der Waals surface area contributed by atoms with E-state index < -0.39 is 0 Å². The molecule has 4 heterocycles. The average molecular weight is 423 g/mol. The number of pyridine rings is 2. The maximum Gasteiger partial charge on any atom is 0.167 e. The number of nitrogen functional groups attached to an aromatic ring is 1. The lowest BCUT2D eigenvalue weighted by Crippen LogP contribution is -2.04. The first-order valence-corrected chi connectivity index (χ1v) is 10.6. The van der Waals surface area contributed by atoms with Gasteiger partial charge in [0.15, 0.2) is 17.3 Å². The molecule has 1 unspecified atom stereocenters. The highest BCUT2D eigenvalue weighted by Crippen LogP contribution is 2.36. The predicted octanol–water partition coefficient (Wildman–Crippen LogP) is 3.27. The number of rotatable bonds is 4. The maximum atomic E-state index is 9.70. The molecule has 0 radical (unpaired) electrons. The zero-order valence-corrected chi connectivity index (χ0v) is 17.3. The summed E-state index contributed by atoms with van der Waals surface area (Å²) in [7, 11) is 0. The lowest BCUT2D eigenvalue weighted by Gasteiger charge is -2.13. The normalized spacial score (nSPS) is 15.3. The number of aliphatic hydroxyl groups is 1. The minimum absolute atomic E-state index is 0.173. The van der Waals surface area contributed by atoms with E-state index in [2.05, 4.69) is 28.3 Å². The van der Waals surface area contributed by atoms with Gasteiger partial charge < -0.3 is 10.8 Å². The van der Waals surface area contributed by atoms with E-state index in [1.807, 2.05) is 41.1 Å². The van der Waals surface area contributed by atoms with Crippen LogP contribution in [0.15, 0.2) is 67.1 Å². The van der Waals surface area contributed by atoms with Crippen molar-refractivity contribution < 1.29 is 5.11 Å². The Hall–Kier alpha value is -4.04. The van der Waals surface area contributed by atoms with Crippen LogP contribution >= 0.6 is 0 Å². The molecule has 8 heteroatoms. The molecule has 0 aliphatic heterocycles. The van der Waals surface area contributed by atoms with Gasteiger partial charge in [0.2, 0.25) is 0 Å². The quantitative estimate of drug-likeness (QED) is 0.459. The van der Waals surface area contributed by atoms with E-state index in [-0.39, 0.29) is 12.5 Å². The third-order valence-electron chi connectivity index (χ3n) is 6.12. The zero-order chi connectivity index (χ0) is 21.7. The lowest BCUT2D eigenvalue weighted by atomic mass is 10.0. The van der Waals surface area contributed by atoms with Crippen LogP contribution in [0.1, 0.15) is 23.5 Å². The number of aliphatic hydroxyl groups excluding tert-OH is 1. The number of anilines is 1. The predicted molar refractivity (Wildman–Crippen MR) is 122 cm³/mol. The molecule has 5 aromatic rings. The Morgan fingerprint density at radius 3 is 2.81 bits per heavy atom. The number of hydrogen-bond acceptors (Lipinski definition) is 6. The summed E-state index contributed by atoms with van der Waals surface area (Å²) in [6.07, 6.45) is 7.16. The van der Waals surface area contributed by atoms with Crippen molar-refractivity contribution in [1.29, 1.82) is 0 Å². The van der Waals surface area contributed by atoms with Gasteiger partial charge in [-0.05, 0) is 66.4 Å². The highest BCUT2D eigenvalue weighted by molar-refractivity contribution is 5.83. The Morgan fingerprint density at radius 2 is 2.00 bits per heavy atom. The summed E-state index contributed by atoms with van der Waals surface area (Å²) in [5.74, 6) is 2.01. The van der Waals surface area contributed by atoms with Crippen LogP contribution in [-0.2, 0) is 6.42 Å². The van der Waals surface area contributed by atoms with Crippen LogP contribution in [0.4, 0.5) is 5.82 Å². The third kappa shape index (κ3) is 2.88. The number of fused-ring (bicyclic) bond motifs is 2. The Bertz CT molecular complexity index is 1440. The molecule has 8 nitrogen and oxygen atoms in total. The number of benzene rings is 1. The van der Waals surface area contributed by atoms with Crippen LogP contribution in [0.2, 0.25) is 0 Å². The van der Waals surface area contributed by atoms with Crippen LogP contribution in [0.3, 0.4) is 0 Å². The number of hydrogen-bond donors (Lipinski definition) is 2. The Labute approximate surface area is 184 Å². The van der Waals surface area contributed by atoms with Gasteiger partial charge in [-0.2, -0.15) is 5.10 Å². The average Bonchev–Trinajstić information content (AvgIpc) is 3.56. The van der Waals surface area contributed by atoms with Gasteiger partial charge in [0.05, 0.1) is 5.56 Å². The summed E-state index contributed by atoms with van der Waals surface area (Å²) in [4.78, 5) is 14.0. The molecule has 0 saturated carbocycles. The molecule has 158 valence electrons. The van der Waals surface area contributed by atoms with Gasteiger partial charge >= 0.3 is 0 Å². The molecule has 0 amide bonds. The van der Waals surface area contributed by atoms with Crippen LogP contribution in [0.5, 0.6) is 0 Å². The molecule has 1 aliphatic carbocycles. The summed E-state index contributed by atoms with van der Waals surface area (Å²) in [5.41, 5.74) is 11.9. The van der Waals surface area contributed by atoms with Crippen molar-refractivity contribution in [2.45, 2.75) is 18.8 Å². The molecule has 0 bridgehead atoms. The van der Waals surface area contributed by atoms with Crippen LogP contribution < -0.4 is 5.73 Å². The van der Waals surface area contributed by atoms with Gasteiger partial charge in [-0.1, -0.05) is 6.07 Å². The first-order chi connectivity index (χ1) is 15.7. The first-order valence-electron chi connectivity index (χ1n) is 10.6. The number of aryl methyl sites for hydroxylation is 1. The fourth-order valence-electron chi connectivity index (χ4n) is 4.53. The van der Waals surface area contributed by atoms with E-state index in [0.717, 1.165) is 29.6 Å². The fraction of sp³-hybridized carbons (Fsp3) is 0.167. The molecule has 0 spiro atoms. The van der Waals surface area contributed by atoms with Crippen molar-refractivity contribution in [3.63, 3.8) is 0 Å². The van der Waals surface area contributed by atoms with Gasteiger partial charge in [-0.3, -0.25) is 4.57 Å². The van der Waals surface area contributed by atoms with Gasteiger partial charge in [0.1, 0.15) is 11.3 Å². The topological polar surface area (TPSA) is 108 Å². The largest absolute Gasteiger partial charge is 0.396 e. The highest BCUT2D eigenvalue weighted by atomic mass is 16.3. The van der Waals surface area contributed by atoms with E-state index >= 15 is 0 Å². The number of aromatic nitrogens is 6. The van der Waals surface area contributed by atoms with E-state index in [9.17, 15) is 5.11 Å². The Morgan fingerprint density at radius 1 is 1.06 bits per heavy atom. The maximum absolute atomic E-state index is 9.70. The lowest BCUT2D eigenvalue weighted by molar-refractivity contribution is 0.265. The summed E-state index contributed by atoms with van der Waals surface area (Å²) in [5, 5.41) is 14.0. The van der Waals surface area contributed by atoms with Crippen molar-refractivity contribution in [3.05, 3.63) is 78.2 Å². The molecule has 1 aliphatic rings. The number of nitrogens with two attached hydrogens (primary N) is 1. The van der Waals surface area contributed by atoms with Gasteiger partial charge in [-0.25, -0.2) is 19.6 Å². The summed E-state index contributed by atoms with van der Waals surface area (Å²) in [6, 6.07) is 15.8. The van der Waals surface area contributed by atoms with E-state index in [4.69, 9.17) is 15.7 Å². The molecule has 1 atom stereocenters. The minimum atomic E-state index is 0.173. The molecular weight excluding hydrogens is 402 g/mol.